The lowest BCUT2D eigenvalue weighted by Crippen LogP contribution is -2.38. The maximum Gasteiger partial charge on any atom is 0.168 e. The molecular formula is C17H28FNO. The third-order valence-corrected chi connectivity index (χ3v) is 4.21. The smallest absolute Gasteiger partial charge is 0.168 e. The second-order valence-corrected chi connectivity index (χ2v) is 5.85. The van der Waals surface area contributed by atoms with Gasteiger partial charge in [0.25, 0.3) is 0 Å². The van der Waals surface area contributed by atoms with E-state index in [2.05, 4.69) is 33.0 Å². The van der Waals surface area contributed by atoms with Gasteiger partial charge in [-0.3, -0.25) is 0 Å². The summed E-state index contributed by atoms with van der Waals surface area (Å²) in [6.07, 6.45) is 2.79. The van der Waals surface area contributed by atoms with E-state index in [-0.39, 0.29) is 11.2 Å². The third kappa shape index (κ3) is 4.20. The van der Waals surface area contributed by atoms with E-state index < -0.39 is 0 Å². The minimum absolute atomic E-state index is 0.0947. The topological polar surface area (TPSA) is 21.3 Å². The van der Waals surface area contributed by atoms with E-state index in [1.54, 1.807) is 6.07 Å². The molecule has 0 amide bonds. The van der Waals surface area contributed by atoms with Crippen LogP contribution >= 0.6 is 0 Å². The van der Waals surface area contributed by atoms with Crippen molar-refractivity contribution in [3.05, 3.63) is 29.6 Å². The van der Waals surface area contributed by atoms with Crippen LogP contribution in [0.1, 0.15) is 46.1 Å². The van der Waals surface area contributed by atoms with Gasteiger partial charge in [-0.05, 0) is 36.3 Å². The monoisotopic (exact) mass is 281 g/mol. The van der Waals surface area contributed by atoms with Crippen LogP contribution in [-0.4, -0.2) is 19.7 Å². The van der Waals surface area contributed by atoms with Crippen LogP contribution in [0.5, 0.6) is 5.75 Å². The summed E-state index contributed by atoms with van der Waals surface area (Å²) >= 11 is 0. The molecular weight excluding hydrogens is 253 g/mol. The van der Waals surface area contributed by atoms with E-state index in [4.69, 9.17) is 4.74 Å². The molecule has 0 saturated heterocycles. The number of hydrogen-bond donors (Lipinski definition) is 1. The highest BCUT2D eigenvalue weighted by Gasteiger charge is 2.28. The number of ether oxygens (including phenoxy) is 1. The minimum Gasteiger partial charge on any atom is -0.494 e. The summed E-state index contributed by atoms with van der Waals surface area (Å²) in [5, 5.41) is 3.50. The van der Waals surface area contributed by atoms with Crippen molar-refractivity contribution in [2.75, 3.05) is 13.7 Å². The Morgan fingerprint density at radius 3 is 2.40 bits per heavy atom. The standard InChI is InChI=1S/C17H28FNO/c1-6-17(7-2,12-19-13(3)4)11-14-9-8-10-15(20-5)16(14)18/h8-10,13,19H,6-7,11-12H2,1-5H3. The second kappa shape index (κ2) is 7.63. The Hall–Kier alpha value is -1.09. The molecule has 0 aliphatic rings. The lowest BCUT2D eigenvalue weighted by Gasteiger charge is -2.33. The Bertz CT molecular complexity index is 413. The van der Waals surface area contributed by atoms with Crippen molar-refractivity contribution in [3.8, 4) is 5.75 Å². The molecule has 0 aromatic heterocycles. The molecule has 2 nitrogen and oxygen atoms in total. The van der Waals surface area contributed by atoms with Crippen LogP contribution in [0.3, 0.4) is 0 Å². The minimum atomic E-state index is -0.217. The molecule has 0 spiro atoms. The highest BCUT2D eigenvalue weighted by atomic mass is 19.1. The lowest BCUT2D eigenvalue weighted by atomic mass is 9.76. The van der Waals surface area contributed by atoms with Crippen LogP contribution in [0.25, 0.3) is 0 Å². The van der Waals surface area contributed by atoms with Crippen molar-refractivity contribution in [3.63, 3.8) is 0 Å². The Morgan fingerprint density at radius 1 is 1.25 bits per heavy atom. The van der Waals surface area contributed by atoms with Crippen molar-refractivity contribution >= 4 is 0 Å². The molecule has 1 aromatic rings. The number of rotatable bonds is 8. The van der Waals surface area contributed by atoms with Gasteiger partial charge in [-0.1, -0.05) is 39.8 Å². The Balaban J connectivity index is 2.95. The van der Waals surface area contributed by atoms with Crippen LogP contribution in [0.2, 0.25) is 0 Å². The van der Waals surface area contributed by atoms with Crippen LogP contribution in [-0.2, 0) is 6.42 Å². The molecule has 0 aliphatic carbocycles. The van der Waals surface area contributed by atoms with Crippen LogP contribution < -0.4 is 10.1 Å². The molecule has 3 heteroatoms. The number of methoxy groups -OCH3 is 1. The van der Waals surface area contributed by atoms with Gasteiger partial charge in [0.05, 0.1) is 7.11 Å². The van der Waals surface area contributed by atoms with E-state index in [1.807, 2.05) is 12.1 Å². The van der Waals surface area contributed by atoms with Gasteiger partial charge in [-0.2, -0.15) is 0 Å². The van der Waals surface area contributed by atoms with E-state index in [0.29, 0.717) is 11.8 Å². The van der Waals surface area contributed by atoms with Crippen LogP contribution in [0.4, 0.5) is 4.39 Å². The zero-order valence-corrected chi connectivity index (χ0v) is 13.4. The molecule has 0 atom stereocenters. The second-order valence-electron chi connectivity index (χ2n) is 5.85. The quantitative estimate of drug-likeness (QED) is 0.771. The highest BCUT2D eigenvalue weighted by Crippen LogP contribution is 2.33. The summed E-state index contributed by atoms with van der Waals surface area (Å²) < 4.78 is 19.4. The maximum absolute atomic E-state index is 14.3. The first-order chi connectivity index (χ1) is 9.48. The fourth-order valence-electron chi connectivity index (χ4n) is 2.49. The molecule has 0 bridgehead atoms. The summed E-state index contributed by atoms with van der Waals surface area (Å²) in [7, 11) is 1.51. The molecule has 0 aliphatic heterocycles. The van der Waals surface area contributed by atoms with E-state index in [1.165, 1.54) is 7.11 Å². The fourth-order valence-corrected chi connectivity index (χ4v) is 2.49. The van der Waals surface area contributed by atoms with Crippen molar-refractivity contribution in [1.29, 1.82) is 0 Å². The summed E-state index contributed by atoms with van der Waals surface area (Å²) in [5.74, 6) is 0.117. The van der Waals surface area contributed by atoms with Gasteiger partial charge >= 0.3 is 0 Å². The molecule has 0 radical (unpaired) electrons. The van der Waals surface area contributed by atoms with Gasteiger partial charge in [0.15, 0.2) is 11.6 Å². The van der Waals surface area contributed by atoms with Crippen molar-refractivity contribution in [1.82, 2.24) is 5.32 Å². The van der Waals surface area contributed by atoms with Crippen molar-refractivity contribution in [2.45, 2.75) is 53.0 Å². The van der Waals surface area contributed by atoms with Crippen molar-refractivity contribution in [2.24, 2.45) is 5.41 Å². The van der Waals surface area contributed by atoms with Crippen LogP contribution in [0.15, 0.2) is 18.2 Å². The highest BCUT2D eigenvalue weighted by molar-refractivity contribution is 5.31. The van der Waals surface area contributed by atoms with Gasteiger partial charge in [0.2, 0.25) is 0 Å². The average Bonchev–Trinajstić information content (AvgIpc) is 2.45. The molecule has 1 rings (SSSR count). The molecule has 20 heavy (non-hydrogen) atoms. The molecule has 0 fully saturated rings. The first-order valence-electron chi connectivity index (χ1n) is 7.52. The van der Waals surface area contributed by atoms with E-state index in [0.717, 1.165) is 31.4 Å². The Kier molecular flexibility index (Phi) is 6.47. The Labute approximate surface area is 122 Å². The first-order valence-corrected chi connectivity index (χ1v) is 7.52. The first kappa shape index (κ1) is 17.0. The molecule has 1 aromatic carbocycles. The summed E-state index contributed by atoms with van der Waals surface area (Å²) in [4.78, 5) is 0. The lowest BCUT2D eigenvalue weighted by molar-refractivity contribution is 0.236. The molecule has 0 heterocycles. The van der Waals surface area contributed by atoms with Gasteiger partial charge in [0.1, 0.15) is 0 Å². The average molecular weight is 281 g/mol. The summed E-state index contributed by atoms with van der Waals surface area (Å²) in [6.45, 7) is 9.56. The van der Waals surface area contributed by atoms with Gasteiger partial charge < -0.3 is 10.1 Å². The predicted molar refractivity (Wildman–Crippen MR) is 82.8 cm³/mol. The molecule has 114 valence electrons. The van der Waals surface area contributed by atoms with E-state index >= 15 is 0 Å². The predicted octanol–water partition coefficient (Wildman–Crippen LogP) is 4.18. The largest absolute Gasteiger partial charge is 0.494 e. The summed E-state index contributed by atoms with van der Waals surface area (Å²) in [6, 6.07) is 5.85. The molecule has 0 saturated carbocycles. The van der Waals surface area contributed by atoms with Gasteiger partial charge in [-0.15, -0.1) is 0 Å². The number of benzene rings is 1. The molecule has 1 N–H and O–H groups in total. The summed E-state index contributed by atoms with van der Waals surface area (Å²) in [5.41, 5.74) is 0.843. The van der Waals surface area contributed by atoms with Gasteiger partial charge in [0, 0.05) is 12.6 Å². The third-order valence-electron chi connectivity index (χ3n) is 4.21. The fraction of sp³-hybridized carbons (Fsp3) is 0.647. The van der Waals surface area contributed by atoms with Gasteiger partial charge in [-0.25, -0.2) is 4.39 Å². The zero-order valence-electron chi connectivity index (χ0n) is 13.4. The number of hydrogen-bond acceptors (Lipinski definition) is 2. The number of nitrogens with one attached hydrogen (secondary N) is 1. The van der Waals surface area contributed by atoms with Crippen LogP contribution in [0, 0.1) is 11.2 Å². The van der Waals surface area contributed by atoms with Crippen molar-refractivity contribution < 1.29 is 9.13 Å². The van der Waals surface area contributed by atoms with E-state index in [9.17, 15) is 4.39 Å². The normalized spacial score (nSPS) is 11.9. The zero-order chi connectivity index (χ0) is 15.2. The SMILES string of the molecule is CCC(CC)(CNC(C)C)Cc1cccc(OC)c1F. The Morgan fingerprint density at radius 2 is 1.90 bits per heavy atom. The molecule has 0 unspecified atom stereocenters. The maximum atomic E-state index is 14.3. The number of halogens is 1.